The zero-order chi connectivity index (χ0) is 30.7. The Balaban J connectivity index is 1.58. The number of hydrogen-bond donors (Lipinski definition) is 0. The van der Waals surface area contributed by atoms with E-state index in [0.717, 1.165) is 29.8 Å². The highest BCUT2D eigenvalue weighted by atomic mass is 19.4. The Morgan fingerprint density at radius 1 is 0.905 bits per heavy atom. The Labute approximate surface area is 242 Å². The molecule has 0 saturated carbocycles. The Bertz CT molecular complexity index is 1200. The fourth-order valence-electron chi connectivity index (χ4n) is 5.61. The number of ether oxygens (including phenoxy) is 2. The van der Waals surface area contributed by atoms with Crippen LogP contribution in [0.25, 0.3) is 0 Å². The van der Waals surface area contributed by atoms with Gasteiger partial charge in [0.05, 0.1) is 37.0 Å². The van der Waals surface area contributed by atoms with E-state index in [0.29, 0.717) is 58.0 Å². The quantitative estimate of drug-likeness (QED) is 0.396. The summed E-state index contributed by atoms with van der Waals surface area (Å²) in [6, 6.07) is 6.68. The van der Waals surface area contributed by atoms with Crippen molar-refractivity contribution in [2.75, 3.05) is 66.2 Å². The van der Waals surface area contributed by atoms with E-state index in [1.165, 1.54) is 4.90 Å². The van der Waals surface area contributed by atoms with Gasteiger partial charge in [0.25, 0.3) is 5.91 Å². The van der Waals surface area contributed by atoms with Crippen LogP contribution >= 0.6 is 0 Å². The summed E-state index contributed by atoms with van der Waals surface area (Å²) >= 11 is 0. The van der Waals surface area contributed by atoms with E-state index in [2.05, 4.69) is 9.80 Å². The van der Waals surface area contributed by atoms with Gasteiger partial charge < -0.3 is 14.4 Å². The number of benzene rings is 2. The first-order valence-electron chi connectivity index (χ1n) is 14.0. The molecule has 2 heterocycles. The summed E-state index contributed by atoms with van der Waals surface area (Å²) in [5.41, 5.74) is -0.524. The molecule has 0 aliphatic carbocycles. The molecule has 0 spiro atoms. The maximum atomic E-state index is 13.6. The average molecular weight is 602 g/mol. The summed E-state index contributed by atoms with van der Waals surface area (Å²) in [6.07, 6.45) is -9.65. The van der Waals surface area contributed by atoms with Crippen molar-refractivity contribution in [1.29, 1.82) is 0 Å². The van der Waals surface area contributed by atoms with Crippen LogP contribution in [0.1, 0.15) is 38.2 Å². The molecule has 0 bridgehead atoms. The van der Waals surface area contributed by atoms with Crippen LogP contribution in [-0.4, -0.2) is 98.9 Å². The molecule has 2 aromatic carbocycles. The van der Waals surface area contributed by atoms with Crippen molar-refractivity contribution in [3.8, 4) is 0 Å². The van der Waals surface area contributed by atoms with Crippen LogP contribution in [0.15, 0.2) is 36.4 Å². The van der Waals surface area contributed by atoms with Crippen molar-refractivity contribution in [2.24, 2.45) is 0 Å². The Hall–Kier alpha value is -2.67. The summed E-state index contributed by atoms with van der Waals surface area (Å²) in [4.78, 5) is 19.6. The molecule has 2 fully saturated rings. The Morgan fingerprint density at radius 3 is 2.21 bits per heavy atom. The smallest absolute Gasteiger partial charge is 0.383 e. The van der Waals surface area contributed by atoms with Gasteiger partial charge in [-0.05, 0) is 55.2 Å². The number of piperazine rings is 1. The summed E-state index contributed by atoms with van der Waals surface area (Å²) in [5, 5.41) is 0. The fourth-order valence-corrected chi connectivity index (χ4v) is 5.61. The third-order valence-corrected chi connectivity index (χ3v) is 8.12. The van der Waals surface area contributed by atoms with Crippen LogP contribution in [0.4, 0.5) is 26.3 Å². The minimum atomic E-state index is -5.03. The van der Waals surface area contributed by atoms with E-state index >= 15 is 0 Å². The Morgan fingerprint density at radius 2 is 1.60 bits per heavy atom. The van der Waals surface area contributed by atoms with Crippen molar-refractivity contribution in [1.82, 2.24) is 14.7 Å². The van der Waals surface area contributed by atoms with E-state index in [9.17, 15) is 31.1 Å². The lowest BCUT2D eigenvalue weighted by Gasteiger charge is -2.43. The highest BCUT2D eigenvalue weighted by molar-refractivity contribution is 5.95. The van der Waals surface area contributed by atoms with Gasteiger partial charge in [-0.25, -0.2) is 0 Å². The molecule has 4 rings (SSSR count). The lowest BCUT2D eigenvalue weighted by molar-refractivity contribution is -0.143. The summed E-state index contributed by atoms with van der Waals surface area (Å²) in [7, 11) is 1.64. The van der Waals surface area contributed by atoms with Crippen LogP contribution in [0.2, 0.25) is 0 Å². The van der Waals surface area contributed by atoms with Crippen LogP contribution in [0, 0.1) is 13.8 Å². The van der Waals surface area contributed by atoms with E-state index in [1.807, 2.05) is 32.0 Å². The van der Waals surface area contributed by atoms with Gasteiger partial charge in [-0.15, -0.1) is 0 Å². The molecule has 0 radical (unpaired) electrons. The van der Waals surface area contributed by atoms with Crippen molar-refractivity contribution in [3.05, 3.63) is 69.8 Å². The summed E-state index contributed by atoms with van der Waals surface area (Å²) < 4.78 is 92.0. The second-order valence-corrected chi connectivity index (χ2v) is 11.1. The lowest BCUT2D eigenvalue weighted by atomic mass is 9.97. The molecule has 2 atom stereocenters. The highest BCUT2D eigenvalue weighted by Crippen LogP contribution is 2.37. The van der Waals surface area contributed by atoms with Crippen LogP contribution in [0.3, 0.4) is 0 Å². The highest BCUT2D eigenvalue weighted by Gasteiger charge is 2.39. The van der Waals surface area contributed by atoms with E-state index in [1.54, 1.807) is 7.11 Å². The molecule has 2 aromatic rings. The van der Waals surface area contributed by atoms with Crippen LogP contribution < -0.4 is 0 Å². The number of hydrogen-bond acceptors (Lipinski definition) is 5. The monoisotopic (exact) mass is 601 g/mol. The van der Waals surface area contributed by atoms with Gasteiger partial charge in [0.2, 0.25) is 0 Å². The number of alkyl halides is 6. The van der Waals surface area contributed by atoms with Gasteiger partial charge >= 0.3 is 12.4 Å². The maximum absolute atomic E-state index is 13.6. The number of aryl methyl sites for hydroxylation is 2. The molecule has 12 heteroatoms. The second kappa shape index (κ2) is 13.3. The first kappa shape index (κ1) is 32.2. The van der Waals surface area contributed by atoms with Gasteiger partial charge in [0.1, 0.15) is 0 Å². The summed E-state index contributed by atoms with van der Waals surface area (Å²) in [6.45, 7) is 8.92. The molecule has 0 aromatic heterocycles. The van der Waals surface area contributed by atoms with Crippen molar-refractivity contribution >= 4 is 5.91 Å². The molecule has 0 N–H and O–H groups in total. The zero-order valence-corrected chi connectivity index (χ0v) is 24.0. The number of amides is 1. The lowest BCUT2D eigenvalue weighted by Crippen LogP contribution is -2.58. The standard InChI is InChI=1S/C30H37F6N3O3/c1-20-4-5-22(12-21(20)2)13-26-17-37(6-8-38-10-11-42-19-27(38)18-41-3)7-9-39(26)28(40)23-14-24(29(31,32)33)16-25(15-23)30(34,35)36/h4-5,12,14-16,26-27H,6-11,13,17-19H2,1-3H3/t26-,27-/m1/s1. The Kier molecular flexibility index (Phi) is 10.2. The molecule has 2 aliphatic rings. The van der Waals surface area contributed by atoms with E-state index in [4.69, 9.17) is 9.47 Å². The largest absolute Gasteiger partial charge is 0.416 e. The summed E-state index contributed by atoms with van der Waals surface area (Å²) in [5.74, 6) is -0.839. The topological polar surface area (TPSA) is 45.3 Å². The molecular weight excluding hydrogens is 564 g/mol. The minimum Gasteiger partial charge on any atom is -0.383 e. The SMILES string of the molecule is COC[C@@H]1COCCN1CCN1CCN(C(=O)c2cc(C(F)(F)F)cc(C(F)(F)F)c2)[C@H](Cc2ccc(C)c(C)c2)C1. The number of carbonyl (C=O) groups is 1. The maximum Gasteiger partial charge on any atom is 0.416 e. The number of rotatable bonds is 8. The normalized spacial score (nSPS) is 21.1. The third-order valence-electron chi connectivity index (χ3n) is 8.12. The van der Waals surface area contributed by atoms with Gasteiger partial charge in [0, 0.05) is 58.0 Å². The van der Waals surface area contributed by atoms with Gasteiger partial charge in [-0.2, -0.15) is 26.3 Å². The average Bonchev–Trinajstić information content (AvgIpc) is 2.93. The van der Waals surface area contributed by atoms with Crippen molar-refractivity contribution in [2.45, 2.75) is 44.7 Å². The van der Waals surface area contributed by atoms with Gasteiger partial charge in [0.15, 0.2) is 0 Å². The van der Waals surface area contributed by atoms with Crippen LogP contribution in [0.5, 0.6) is 0 Å². The first-order chi connectivity index (χ1) is 19.8. The zero-order valence-electron chi connectivity index (χ0n) is 24.0. The van der Waals surface area contributed by atoms with E-state index < -0.39 is 41.0 Å². The van der Waals surface area contributed by atoms with Gasteiger partial charge in [-0.3, -0.25) is 14.6 Å². The number of halogens is 6. The predicted molar refractivity (Wildman–Crippen MR) is 145 cm³/mol. The van der Waals surface area contributed by atoms with Crippen LogP contribution in [-0.2, 0) is 28.2 Å². The minimum absolute atomic E-state index is 0.0454. The molecule has 6 nitrogen and oxygen atoms in total. The third kappa shape index (κ3) is 8.03. The molecule has 2 aliphatic heterocycles. The van der Waals surface area contributed by atoms with E-state index in [-0.39, 0.29) is 18.7 Å². The molecule has 1 amide bonds. The number of carbonyl (C=O) groups excluding carboxylic acids is 1. The number of morpholine rings is 1. The van der Waals surface area contributed by atoms with Crippen molar-refractivity contribution in [3.63, 3.8) is 0 Å². The molecule has 0 unspecified atom stereocenters. The van der Waals surface area contributed by atoms with Gasteiger partial charge in [-0.1, -0.05) is 18.2 Å². The first-order valence-corrected chi connectivity index (χ1v) is 14.0. The second-order valence-electron chi connectivity index (χ2n) is 11.1. The van der Waals surface area contributed by atoms with Crippen molar-refractivity contribution < 1.29 is 40.6 Å². The fraction of sp³-hybridized carbons (Fsp3) is 0.567. The molecule has 42 heavy (non-hydrogen) atoms. The number of methoxy groups -OCH3 is 1. The predicted octanol–water partition coefficient (Wildman–Crippen LogP) is 5.06. The molecule has 2 saturated heterocycles. The molecule has 232 valence electrons. The molecular formula is C30H37F6N3O3. The number of nitrogens with zero attached hydrogens (tertiary/aromatic N) is 3.